The minimum Gasteiger partial charge on any atom is -0.342 e. The first-order valence-corrected chi connectivity index (χ1v) is 10.9. The predicted octanol–water partition coefficient (Wildman–Crippen LogP) is 4.70. The van der Waals surface area contributed by atoms with E-state index in [1.54, 1.807) is 23.2 Å². The fourth-order valence-electron chi connectivity index (χ4n) is 4.02. The van der Waals surface area contributed by atoms with Crippen LogP contribution in [0.1, 0.15) is 25.0 Å². The van der Waals surface area contributed by atoms with Crippen LogP contribution in [0, 0.1) is 11.7 Å². The summed E-state index contributed by atoms with van der Waals surface area (Å²) in [6.07, 6.45) is 4.29. The molecule has 164 valence electrons. The number of pyridine rings is 1. The lowest BCUT2D eigenvalue weighted by Gasteiger charge is -2.32. The highest BCUT2D eigenvalue weighted by Gasteiger charge is 2.28. The third-order valence-corrected chi connectivity index (χ3v) is 5.77. The minimum atomic E-state index is -0.283. The summed E-state index contributed by atoms with van der Waals surface area (Å²) in [4.78, 5) is 31.6. The normalized spacial score (nSPS) is 15.9. The van der Waals surface area contributed by atoms with Crippen molar-refractivity contribution in [2.75, 3.05) is 18.4 Å². The summed E-state index contributed by atoms with van der Waals surface area (Å²) in [5.41, 5.74) is 3.37. The number of likely N-dealkylation sites (tertiary alicyclic amines) is 1. The Balaban J connectivity index is 1.34. The van der Waals surface area contributed by atoms with Gasteiger partial charge in [-0.05, 0) is 66.8 Å². The Bertz CT molecular complexity index is 1070. The smallest absolute Gasteiger partial charge is 0.229 e. The Hall–Kier alpha value is -3.54. The number of aryl methyl sites for hydroxylation is 1. The quantitative estimate of drug-likeness (QED) is 0.616. The van der Waals surface area contributed by atoms with Crippen molar-refractivity contribution in [3.63, 3.8) is 0 Å². The van der Waals surface area contributed by atoms with Crippen LogP contribution in [0.3, 0.4) is 0 Å². The van der Waals surface area contributed by atoms with Crippen molar-refractivity contribution in [2.45, 2.75) is 25.7 Å². The van der Waals surface area contributed by atoms with Crippen molar-refractivity contribution in [1.82, 2.24) is 9.88 Å². The Labute approximate surface area is 187 Å². The molecule has 0 spiro atoms. The van der Waals surface area contributed by atoms with Crippen LogP contribution in [0.5, 0.6) is 0 Å². The van der Waals surface area contributed by atoms with E-state index < -0.39 is 0 Å². The molecule has 32 heavy (non-hydrogen) atoms. The molecule has 1 saturated heterocycles. The monoisotopic (exact) mass is 431 g/mol. The molecule has 1 fully saturated rings. The van der Waals surface area contributed by atoms with Gasteiger partial charge in [0.2, 0.25) is 11.8 Å². The third-order valence-electron chi connectivity index (χ3n) is 5.77. The molecule has 1 atom stereocenters. The van der Waals surface area contributed by atoms with Crippen molar-refractivity contribution in [2.24, 2.45) is 5.92 Å². The van der Waals surface area contributed by atoms with Crippen LogP contribution in [-0.2, 0) is 16.0 Å². The van der Waals surface area contributed by atoms with Crippen molar-refractivity contribution >= 4 is 17.5 Å². The molecule has 1 N–H and O–H groups in total. The van der Waals surface area contributed by atoms with Crippen LogP contribution in [-0.4, -0.2) is 34.8 Å². The van der Waals surface area contributed by atoms with E-state index in [0.29, 0.717) is 31.6 Å². The number of nitrogens with zero attached hydrogens (tertiary/aromatic N) is 2. The first-order valence-electron chi connectivity index (χ1n) is 10.9. The molecule has 1 aliphatic rings. The molecule has 5 nitrogen and oxygen atoms in total. The van der Waals surface area contributed by atoms with Gasteiger partial charge in [-0.1, -0.05) is 30.3 Å². The van der Waals surface area contributed by atoms with Crippen molar-refractivity contribution in [3.05, 3.63) is 84.4 Å². The lowest BCUT2D eigenvalue weighted by atomic mass is 9.96. The van der Waals surface area contributed by atoms with Gasteiger partial charge < -0.3 is 10.2 Å². The van der Waals surface area contributed by atoms with Crippen LogP contribution >= 0.6 is 0 Å². The Morgan fingerprint density at radius 2 is 1.88 bits per heavy atom. The molecule has 0 saturated carbocycles. The average molecular weight is 432 g/mol. The topological polar surface area (TPSA) is 62.3 Å². The summed E-state index contributed by atoms with van der Waals surface area (Å²) in [6, 6.07) is 19.5. The third kappa shape index (κ3) is 5.58. The van der Waals surface area contributed by atoms with Crippen LogP contribution in [0.2, 0.25) is 0 Å². The van der Waals surface area contributed by atoms with Crippen LogP contribution in [0.15, 0.2) is 72.9 Å². The van der Waals surface area contributed by atoms with Gasteiger partial charge in [-0.2, -0.15) is 0 Å². The molecule has 2 aromatic carbocycles. The lowest BCUT2D eigenvalue weighted by Crippen LogP contribution is -2.43. The zero-order valence-electron chi connectivity index (χ0n) is 17.8. The number of hydrogen-bond acceptors (Lipinski definition) is 3. The maximum absolute atomic E-state index is 13.2. The molecule has 1 aliphatic heterocycles. The first-order chi connectivity index (χ1) is 15.6. The molecule has 1 aromatic heterocycles. The largest absolute Gasteiger partial charge is 0.342 e. The van der Waals surface area contributed by atoms with E-state index in [9.17, 15) is 14.0 Å². The van der Waals surface area contributed by atoms with Gasteiger partial charge in [0.15, 0.2) is 0 Å². The van der Waals surface area contributed by atoms with E-state index in [2.05, 4.69) is 10.3 Å². The Kier molecular flexibility index (Phi) is 6.90. The lowest BCUT2D eigenvalue weighted by molar-refractivity contribution is -0.134. The number of rotatable bonds is 6. The number of piperidine rings is 1. The number of benzene rings is 2. The second-order valence-electron chi connectivity index (χ2n) is 8.08. The fraction of sp³-hybridized carbons (Fsp3) is 0.269. The molecule has 3 aromatic rings. The van der Waals surface area contributed by atoms with E-state index in [4.69, 9.17) is 0 Å². The Morgan fingerprint density at radius 1 is 1.03 bits per heavy atom. The number of carbonyl (C=O) groups excluding carboxylic acids is 2. The Morgan fingerprint density at radius 3 is 2.66 bits per heavy atom. The molecular weight excluding hydrogens is 405 g/mol. The van der Waals surface area contributed by atoms with Gasteiger partial charge in [-0.15, -0.1) is 0 Å². The van der Waals surface area contributed by atoms with Gasteiger partial charge in [0.25, 0.3) is 0 Å². The van der Waals surface area contributed by atoms with E-state index in [0.717, 1.165) is 29.7 Å². The van der Waals surface area contributed by atoms with Crippen molar-refractivity contribution in [3.8, 4) is 11.1 Å². The molecule has 1 unspecified atom stereocenters. The summed E-state index contributed by atoms with van der Waals surface area (Å²) in [5, 5.41) is 2.99. The zero-order chi connectivity index (χ0) is 22.3. The van der Waals surface area contributed by atoms with Crippen LogP contribution in [0.4, 0.5) is 10.1 Å². The maximum Gasteiger partial charge on any atom is 0.229 e. The summed E-state index contributed by atoms with van der Waals surface area (Å²) in [5.74, 6) is -0.540. The van der Waals surface area contributed by atoms with Crippen LogP contribution < -0.4 is 5.32 Å². The SMILES string of the molecule is O=C(Nc1cccc(-c2ccc(F)cc2)c1)C1CCCN(C(=O)CCc2ccccn2)C1. The fourth-order valence-corrected chi connectivity index (χ4v) is 4.02. The minimum absolute atomic E-state index is 0.0615. The maximum atomic E-state index is 13.2. The van der Waals surface area contributed by atoms with Crippen molar-refractivity contribution in [1.29, 1.82) is 0 Å². The molecule has 0 radical (unpaired) electrons. The predicted molar refractivity (Wildman–Crippen MR) is 122 cm³/mol. The molecule has 0 aliphatic carbocycles. The van der Waals surface area contributed by atoms with Crippen molar-refractivity contribution < 1.29 is 14.0 Å². The summed E-state index contributed by atoms with van der Waals surface area (Å²) < 4.78 is 13.2. The number of aromatic nitrogens is 1. The summed E-state index contributed by atoms with van der Waals surface area (Å²) in [6.45, 7) is 1.12. The van der Waals surface area contributed by atoms with E-state index >= 15 is 0 Å². The molecule has 0 bridgehead atoms. The molecule has 2 amide bonds. The van der Waals surface area contributed by atoms with Gasteiger partial charge in [0, 0.05) is 37.1 Å². The number of carbonyl (C=O) groups is 2. The van der Waals surface area contributed by atoms with E-state index in [-0.39, 0.29) is 23.5 Å². The average Bonchev–Trinajstić information content (AvgIpc) is 2.84. The highest BCUT2D eigenvalue weighted by atomic mass is 19.1. The van der Waals surface area contributed by atoms with Gasteiger partial charge in [0.05, 0.1) is 5.92 Å². The molecule has 4 rings (SSSR count). The highest BCUT2D eigenvalue weighted by molar-refractivity contribution is 5.93. The number of anilines is 1. The first kappa shape index (κ1) is 21.7. The molecular formula is C26H26FN3O2. The highest BCUT2D eigenvalue weighted by Crippen LogP contribution is 2.24. The molecule has 6 heteroatoms. The summed E-state index contributed by atoms with van der Waals surface area (Å²) >= 11 is 0. The number of halogens is 1. The van der Waals surface area contributed by atoms with Gasteiger partial charge in [-0.3, -0.25) is 14.6 Å². The van der Waals surface area contributed by atoms with Gasteiger partial charge in [0.1, 0.15) is 5.82 Å². The zero-order valence-corrected chi connectivity index (χ0v) is 17.8. The number of hydrogen-bond donors (Lipinski definition) is 1. The number of nitrogens with one attached hydrogen (secondary N) is 1. The summed E-state index contributed by atoms with van der Waals surface area (Å²) in [7, 11) is 0. The van der Waals surface area contributed by atoms with E-state index in [1.807, 2.05) is 42.5 Å². The standard InChI is InChI=1S/C26H26FN3O2/c27-22-11-9-19(10-12-22)20-5-3-8-24(17-20)29-26(32)21-6-4-16-30(18-21)25(31)14-13-23-7-1-2-15-28-23/h1-3,5,7-12,15,17,21H,4,6,13-14,16,18H2,(H,29,32). The van der Waals surface area contributed by atoms with Gasteiger partial charge >= 0.3 is 0 Å². The number of amides is 2. The molecule has 2 heterocycles. The second-order valence-corrected chi connectivity index (χ2v) is 8.08. The van der Waals surface area contributed by atoms with E-state index in [1.165, 1.54) is 12.1 Å². The van der Waals surface area contributed by atoms with Crippen LogP contribution in [0.25, 0.3) is 11.1 Å². The van der Waals surface area contributed by atoms with Gasteiger partial charge in [-0.25, -0.2) is 4.39 Å². The second kappa shape index (κ2) is 10.2.